The van der Waals surface area contributed by atoms with Crippen LogP contribution < -0.4 is 10.6 Å². The second-order valence-corrected chi connectivity index (χ2v) is 2.76. The minimum Gasteiger partial charge on any atom is -0.325 e. The second-order valence-electron chi connectivity index (χ2n) is 2.33. The molecule has 2 N–H and O–H groups in total. The van der Waals surface area contributed by atoms with Crippen LogP contribution in [0.5, 0.6) is 0 Å². The molecule has 0 aromatic carbocycles. The molecule has 1 aromatic heterocycles. The Balaban J connectivity index is 2.49. The van der Waals surface area contributed by atoms with Gasteiger partial charge in [-0.1, -0.05) is 11.6 Å². The molecule has 1 aromatic rings. The minimum absolute atomic E-state index is 0.0422. The van der Waals surface area contributed by atoms with Crippen molar-refractivity contribution in [1.82, 2.24) is 10.3 Å². The number of hydrogen-bond donors (Lipinski definition) is 2. The largest absolute Gasteiger partial charge is 0.325 e. The maximum Gasteiger partial charge on any atom is 0.321 e. The number of rotatable bonds is 2. The molecule has 72 valence electrons. The van der Waals surface area contributed by atoms with Gasteiger partial charge in [0, 0.05) is 6.20 Å². The van der Waals surface area contributed by atoms with Crippen molar-refractivity contribution >= 4 is 23.4 Å². The van der Waals surface area contributed by atoms with Crippen LogP contribution >= 0.6 is 11.6 Å². The van der Waals surface area contributed by atoms with E-state index in [2.05, 4.69) is 15.6 Å². The quantitative estimate of drug-likeness (QED) is 0.724. The van der Waals surface area contributed by atoms with Gasteiger partial charge in [-0.3, -0.25) is 5.32 Å². The van der Waals surface area contributed by atoms with Crippen LogP contribution in [0, 0.1) is 11.3 Å². The van der Waals surface area contributed by atoms with Gasteiger partial charge in [0.25, 0.3) is 0 Å². The topological polar surface area (TPSA) is 77.8 Å². The number of pyridine rings is 1. The third-order valence-corrected chi connectivity index (χ3v) is 1.52. The number of carbonyl (C=O) groups is 1. The molecule has 0 fully saturated rings. The van der Waals surface area contributed by atoms with Crippen LogP contribution in [0.1, 0.15) is 0 Å². The average Bonchev–Trinajstić information content (AvgIpc) is 2.18. The molecule has 0 bridgehead atoms. The fourth-order valence-electron chi connectivity index (χ4n) is 0.730. The van der Waals surface area contributed by atoms with Gasteiger partial charge < -0.3 is 5.32 Å². The number of hydrogen-bond acceptors (Lipinski definition) is 3. The molecule has 0 unspecified atom stereocenters. The van der Waals surface area contributed by atoms with Gasteiger partial charge >= 0.3 is 6.03 Å². The number of halogens is 1. The normalized spacial score (nSPS) is 8.86. The molecule has 0 aliphatic carbocycles. The van der Waals surface area contributed by atoms with E-state index in [1.807, 2.05) is 0 Å². The Morgan fingerprint density at radius 1 is 1.64 bits per heavy atom. The Morgan fingerprint density at radius 3 is 3.00 bits per heavy atom. The summed E-state index contributed by atoms with van der Waals surface area (Å²) in [5.41, 5.74) is 0. The van der Waals surface area contributed by atoms with Gasteiger partial charge in [-0.2, -0.15) is 5.26 Å². The van der Waals surface area contributed by atoms with Crippen molar-refractivity contribution in [1.29, 1.82) is 5.26 Å². The summed E-state index contributed by atoms with van der Waals surface area (Å²) in [6.45, 7) is -0.0422. The summed E-state index contributed by atoms with van der Waals surface area (Å²) in [6, 6.07) is 4.48. The van der Waals surface area contributed by atoms with Crippen LogP contribution in [-0.2, 0) is 0 Å². The van der Waals surface area contributed by atoms with E-state index in [1.165, 1.54) is 6.20 Å². The van der Waals surface area contributed by atoms with Crippen LogP contribution in [0.2, 0.25) is 5.02 Å². The molecule has 0 atom stereocenters. The van der Waals surface area contributed by atoms with E-state index in [1.54, 1.807) is 18.2 Å². The minimum atomic E-state index is -0.471. The van der Waals surface area contributed by atoms with Crippen molar-refractivity contribution in [3.63, 3.8) is 0 Å². The number of nitriles is 1. The molecule has 14 heavy (non-hydrogen) atoms. The van der Waals surface area contributed by atoms with E-state index in [-0.39, 0.29) is 6.54 Å². The lowest BCUT2D eigenvalue weighted by molar-refractivity contribution is 0.253. The lowest BCUT2D eigenvalue weighted by Crippen LogP contribution is -2.29. The van der Waals surface area contributed by atoms with E-state index >= 15 is 0 Å². The number of carbonyl (C=O) groups excluding carboxylic acids is 1. The first-order valence-corrected chi connectivity index (χ1v) is 4.13. The SMILES string of the molecule is N#CCNC(=O)Nc1ccc(Cl)cn1. The third kappa shape index (κ3) is 3.29. The molecule has 2 amide bonds. The fourth-order valence-corrected chi connectivity index (χ4v) is 0.842. The van der Waals surface area contributed by atoms with Crippen LogP contribution in [0.25, 0.3) is 0 Å². The van der Waals surface area contributed by atoms with Crippen molar-refractivity contribution in [3.8, 4) is 6.07 Å². The number of anilines is 1. The summed E-state index contributed by atoms with van der Waals surface area (Å²) in [7, 11) is 0. The molecule has 0 aliphatic rings. The Bertz CT molecular complexity index is 357. The standard InChI is InChI=1S/C8H7ClN4O/c9-6-1-2-7(12-5-6)13-8(14)11-4-3-10/h1-2,5H,4H2,(H2,11,12,13,14). The number of aromatic nitrogens is 1. The smallest absolute Gasteiger partial charge is 0.321 e. The molecule has 1 heterocycles. The highest BCUT2D eigenvalue weighted by Gasteiger charge is 2.00. The summed E-state index contributed by atoms with van der Waals surface area (Å²) in [6.07, 6.45) is 1.42. The lowest BCUT2D eigenvalue weighted by atomic mass is 10.4. The summed E-state index contributed by atoms with van der Waals surface area (Å²) < 4.78 is 0. The maximum absolute atomic E-state index is 11.0. The number of nitrogens with one attached hydrogen (secondary N) is 2. The predicted octanol–water partition coefficient (Wildman–Crippen LogP) is 1.38. The summed E-state index contributed by atoms with van der Waals surface area (Å²) in [5, 5.41) is 13.4. The second kappa shape index (κ2) is 5.04. The van der Waals surface area contributed by atoms with E-state index in [0.717, 1.165) is 0 Å². The molecular weight excluding hydrogens is 204 g/mol. The van der Waals surface area contributed by atoms with Crippen molar-refractivity contribution in [3.05, 3.63) is 23.4 Å². The third-order valence-electron chi connectivity index (χ3n) is 1.30. The molecule has 6 heteroatoms. The first-order valence-electron chi connectivity index (χ1n) is 3.75. The monoisotopic (exact) mass is 210 g/mol. The molecule has 5 nitrogen and oxygen atoms in total. The summed E-state index contributed by atoms with van der Waals surface area (Å²) in [5.74, 6) is 0.379. The number of urea groups is 1. The highest BCUT2D eigenvalue weighted by atomic mass is 35.5. The van der Waals surface area contributed by atoms with Crippen LogP contribution in [0.15, 0.2) is 18.3 Å². The summed E-state index contributed by atoms with van der Waals surface area (Å²) >= 11 is 5.60. The zero-order valence-electron chi connectivity index (χ0n) is 7.12. The van der Waals surface area contributed by atoms with Crippen molar-refractivity contribution in [2.75, 3.05) is 11.9 Å². The van der Waals surface area contributed by atoms with E-state index in [4.69, 9.17) is 16.9 Å². The lowest BCUT2D eigenvalue weighted by Gasteiger charge is -2.03. The maximum atomic E-state index is 11.0. The Hall–Kier alpha value is -1.80. The molecule has 0 spiro atoms. The first kappa shape index (κ1) is 10.3. The average molecular weight is 211 g/mol. The molecule has 1 rings (SSSR count). The number of nitrogens with zero attached hydrogens (tertiary/aromatic N) is 2. The van der Waals surface area contributed by atoms with Crippen LogP contribution in [-0.4, -0.2) is 17.6 Å². The predicted molar refractivity (Wildman–Crippen MR) is 51.9 cm³/mol. The van der Waals surface area contributed by atoms with Gasteiger partial charge in [-0.15, -0.1) is 0 Å². The highest BCUT2D eigenvalue weighted by molar-refractivity contribution is 6.30. The number of amides is 2. The molecule has 0 aliphatic heterocycles. The van der Waals surface area contributed by atoms with Crippen LogP contribution in [0.3, 0.4) is 0 Å². The first-order chi connectivity index (χ1) is 6.72. The summed E-state index contributed by atoms with van der Waals surface area (Å²) in [4.78, 5) is 14.8. The molecular formula is C8H7ClN4O. The fraction of sp³-hybridized carbons (Fsp3) is 0.125. The van der Waals surface area contributed by atoms with Gasteiger partial charge in [-0.25, -0.2) is 9.78 Å². The van der Waals surface area contributed by atoms with Gasteiger partial charge in [0.05, 0.1) is 11.1 Å². The van der Waals surface area contributed by atoms with Gasteiger partial charge in [0.15, 0.2) is 0 Å². The van der Waals surface area contributed by atoms with Crippen molar-refractivity contribution in [2.24, 2.45) is 0 Å². The zero-order valence-corrected chi connectivity index (χ0v) is 7.88. The van der Waals surface area contributed by atoms with Crippen LogP contribution in [0.4, 0.5) is 10.6 Å². The Kier molecular flexibility index (Phi) is 3.70. The van der Waals surface area contributed by atoms with Crippen molar-refractivity contribution < 1.29 is 4.79 Å². The van der Waals surface area contributed by atoms with E-state index < -0.39 is 6.03 Å². The van der Waals surface area contributed by atoms with Crippen molar-refractivity contribution in [2.45, 2.75) is 0 Å². The Morgan fingerprint density at radius 2 is 2.43 bits per heavy atom. The zero-order chi connectivity index (χ0) is 10.4. The molecule has 0 radical (unpaired) electrons. The Labute approximate surface area is 85.7 Å². The van der Waals surface area contributed by atoms with Gasteiger partial charge in [0.1, 0.15) is 12.4 Å². The van der Waals surface area contributed by atoms with E-state index in [9.17, 15) is 4.79 Å². The molecule has 0 saturated heterocycles. The highest BCUT2D eigenvalue weighted by Crippen LogP contribution is 2.08. The van der Waals surface area contributed by atoms with Gasteiger partial charge in [-0.05, 0) is 12.1 Å². The molecule has 0 saturated carbocycles. The van der Waals surface area contributed by atoms with Gasteiger partial charge in [0.2, 0.25) is 0 Å². The van der Waals surface area contributed by atoms with E-state index in [0.29, 0.717) is 10.8 Å².